The molecule has 33 heavy (non-hydrogen) atoms. The van der Waals surface area contributed by atoms with E-state index in [1.165, 1.54) is 6.07 Å². The lowest BCUT2D eigenvalue weighted by atomic mass is 9.86. The quantitative estimate of drug-likeness (QED) is 0.405. The maximum Gasteiger partial charge on any atom is 0.417 e. The Hall–Kier alpha value is -2.99. The smallest absolute Gasteiger partial charge is 0.417 e. The second-order valence-corrected chi connectivity index (χ2v) is 9.00. The average Bonchev–Trinajstić information content (AvgIpc) is 3.45. The zero-order chi connectivity index (χ0) is 23.4. The fraction of sp³-hybridized carbons (Fsp3) is 0.269. The molecule has 0 spiro atoms. The Kier molecular flexibility index (Phi) is 5.16. The van der Waals surface area contributed by atoms with Crippen LogP contribution in [-0.2, 0) is 22.8 Å². The Balaban J connectivity index is 1.43. The molecular formula is C26H20ClF3O3. The van der Waals surface area contributed by atoms with Gasteiger partial charge in [0, 0.05) is 6.42 Å². The third-order valence-electron chi connectivity index (χ3n) is 6.46. The zero-order valence-corrected chi connectivity index (χ0v) is 18.5. The minimum absolute atomic E-state index is 0.0863. The summed E-state index contributed by atoms with van der Waals surface area (Å²) in [7, 11) is 0. The van der Waals surface area contributed by atoms with Gasteiger partial charge in [-0.25, -0.2) is 0 Å². The van der Waals surface area contributed by atoms with Gasteiger partial charge in [0.15, 0.2) is 11.5 Å². The summed E-state index contributed by atoms with van der Waals surface area (Å²) >= 11 is 5.78. The van der Waals surface area contributed by atoms with Gasteiger partial charge in [-0.3, -0.25) is 4.79 Å². The Morgan fingerprint density at radius 1 is 1.00 bits per heavy atom. The second kappa shape index (κ2) is 7.80. The molecule has 0 N–H and O–H groups in total. The van der Waals surface area contributed by atoms with Gasteiger partial charge in [0.2, 0.25) is 6.79 Å². The number of ketones is 1. The van der Waals surface area contributed by atoms with Crippen LogP contribution in [0.3, 0.4) is 0 Å². The van der Waals surface area contributed by atoms with Crippen molar-refractivity contribution >= 4 is 17.4 Å². The summed E-state index contributed by atoms with van der Waals surface area (Å²) in [4.78, 5) is 13.3. The number of alkyl halides is 3. The number of Topliss-reactive ketones (excluding diaryl/α,β-unsaturated/α-hetero) is 1. The first-order valence-electron chi connectivity index (χ1n) is 10.6. The lowest BCUT2D eigenvalue weighted by molar-refractivity contribution is -0.137. The predicted octanol–water partition coefficient (Wildman–Crippen LogP) is 6.91. The number of ether oxygens (including phenoxy) is 2. The highest BCUT2D eigenvalue weighted by Crippen LogP contribution is 2.51. The van der Waals surface area contributed by atoms with Crippen LogP contribution < -0.4 is 9.47 Å². The molecule has 2 aliphatic rings. The lowest BCUT2D eigenvalue weighted by Crippen LogP contribution is -2.22. The highest BCUT2D eigenvalue weighted by Gasteiger charge is 2.50. The van der Waals surface area contributed by atoms with E-state index in [1.807, 2.05) is 37.3 Å². The molecule has 3 nitrogen and oxygen atoms in total. The normalized spacial score (nSPS) is 16.0. The van der Waals surface area contributed by atoms with Gasteiger partial charge in [-0.2, -0.15) is 13.2 Å². The molecule has 0 saturated heterocycles. The van der Waals surface area contributed by atoms with Crippen LogP contribution in [0.1, 0.15) is 35.1 Å². The Morgan fingerprint density at radius 3 is 2.48 bits per heavy atom. The highest BCUT2D eigenvalue weighted by atomic mass is 35.5. The molecule has 170 valence electrons. The molecule has 7 heteroatoms. The first kappa shape index (κ1) is 21.8. The summed E-state index contributed by atoms with van der Waals surface area (Å²) in [5.41, 5.74) is 2.13. The van der Waals surface area contributed by atoms with Crippen molar-refractivity contribution in [3.05, 3.63) is 81.9 Å². The molecule has 3 aromatic rings. The van der Waals surface area contributed by atoms with Gasteiger partial charge in [-0.05, 0) is 71.8 Å². The van der Waals surface area contributed by atoms with Crippen LogP contribution in [0.2, 0.25) is 5.02 Å². The van der Waals surface area contributed by atoms with Gasteiger partial charge in [-0.1, -0.05) is 41.9 Å². The molecular weight excluding hydrogens is 453 g/mol. The summed E-state index contributed by atoms with van der Waals surface area (Å²) in [5, 5.41) is -0.338. The maximum absolute atomic E-state index is 13.3. The van der Waals surface area contributed by atoms with E-state index in [1.54, 1.807) is 12.1 Å². The Bertz CT molecular complexity index is 1260. The average molecular weight is 473 g/mol. The molecule has 0 atom stereocenters. The molecule has 5 rings (SSSR count). The zero-order valence-electron chi connectivity index (χ0n) is 17.8. The third kappa shape index (κ3) is 3.97. The topological polar surface area (TPSA) is 35.5 Å². The fourth-order valence-corrected chi connectivity index (χ4v) is 4.63. The Morgan fingerprint density at radius 2 is 1.76 bits per heavy atom. The summed E-state index contributed by atoms with van der Waals surface area (Å²) in [6.45, 7) is 2.00. The van der Waals surface area contributed by atoms with Gasteiger partial charge >= 0.3 is 6.18 Å². The van der Waals surface area contributed by atoms with E-state index in [9.17, 15) is 18.0 Å². The molecule has 0 unspecified atom stereocenters. The maximum atomic E-state index is 13.3. The summed E-state index contributed by atoms with van der Waals surface area (Å²) < 4.78 is 50.8. The Labute approximate surface area is 194 Å². The van der Waals surface area contributed by atoms with Crippen molar-refractivity contribution in [2.45, 2.75) is 37.8 Å². The van der Waals surface area contributed by atoms with Crippen molar-refractivity contribution in [3.8, 4) is 22.6 Å². The highest BCUT2D eigenvalue weighted by molar-refractivity contribution is 6.31. The van der Waals surface area contributed by atoms with Crippen LogP contribution >= 0.6 is 11.6 Å². The number of hydrogen-bond acceptors (Lipinski definition) is 3. The number of rotatable bonds is 5. The van der Waals surface area contributed by atoms with Gasteiger partial charge in [0.05, 0.1) is 16.0 Å². The number of fused-ring (bicyclic) bond motifs is 1. The number of carbonyl (C=O) groups is 1. The van der Waals surface area contributed by atoms with E-state index in [-0.39, 0.29) is 24.0 Å². The van der Waals surface area contributed by atoms with Crippen molar-refractivity contribution in [1.82, 2.24) is 0 Å². The van der Waals surface area contributed by atoms with Crippen LogP contribution in [0, 0.1) is 6.92 Å². The van der Waals surface area contributed by atoms with E-state index < -0.39 is 17.2 Å². The van der Waals surface area contributed by atoms with Crippen LogP contribution in [-0.4, -0.2) is 12.6 Å². The van der Waals surface area contributed by atoms with Gasteiger partial charge < -0.3 is 9.47 Å². The number of benzene rings is 3. The van der Waals surface area contributed by atoms with Crippen LogP contribution in [0.5, 0.6) is 11.5 Å². The van der Waals surface area contributed by atoms with E-state index >= 15 is 0 Å². The van der Waals surface area contributed by atoms with E-state index in [4.69, 9.17) is 21.1 Å². The van der Waals surface area contributed by atoms with Gasteiger partial charge in [0.25, 0.3) is 0 Å². The van der Waals surface area contributed by atoms with Crippen molar-refractivity contribution in [2.24, 2.45) is 0 Å². The molecule has 0 radical (unpaired) electrons. The van der Waals surface area contributed by atoms with Crippen LogP contribution in [0.15, 0.2) is 54.6 Å². The van der Waals surface area contributed by atoms with E-state index in [0.717, 1.165) is 35.6 Å². The minimum atomic E-state index is -4.54. The third-order valence-corrected chi connectivity index (χ3v) is 6.79. The fourth-order valence-electron chi connectivity index (χ4n) is 4.40. The van der Waals surface area contributed by atoms with E-state index in [0.29, 0.717) is 22.6 Å². The molecule has 3 aromatic carbocycles. The molecule has 1 fully saturated rings. The number of hydrogen-bond donors (Lipinski definition) is 0. The van der Waals surface area contributed by atoms with Crippen molar-refractivity contribution in [1.29, 1.82) is 0 Å². The van der Waals surface area contributed by atoms with Crippen molar-refractivity contribution in [3.63, 3.8) is 0 Å². The predicted molar refractivity (Wildman–Crippen MR) is 119 cm³/mol. The van der Waals surface area contributed by atoms with Crippen molar-refractivity contribution in [2.75, 3.05) is 6.79 Å². The SMILES string of the molecule is Cc1ccc(CC(=O)C2(c3ccc4c(c3)OCO4)CC2)cc1-c1ccc(Cl)c(C(F)(F)F)c1. The first-order chi connectivity index (χ1) is 15.7. The van der Waals surface area contributed by atoms with E-state index in [2.05, 4.69) is 0 Å². The standard InChI is InChI=1S/C26H20ClF3O3/c1-15-2-3-16(10-19(15)17-4-6-21(27)20(12-17)26(28,29)30)11-24(31)25(8-9-25)18-5-7-22-23(13-18)33-14-32-22/h2-7,10,12-13H,8-9,11,14H2,1H3. The summed E-state index contributed by atoms with van der Waals surface area (Å²) in [6, 6.07) is 15.0. The van der Waals surface area contributed by atoms with Crippen LogP contribution in [0.4, 0.5) is 13.2 Å². The summed E-state index contributed by atoms with van der Waals surface area (Å²) in [5.74, 6) is 1.40. The van der Waals surface area contributed by atoms with Crippen LogP contribution in [0.25, 0.3) is 11.1 Å². The summed E-state index contributed by atoms with van der Waals surface area (Å²) in [6.07, 6.45) is -2.83. The molecule has 1 aliphatic heterocycles. The lowest BCUT2D eigenvalue weighted by Gasteiger charge is -2.17. The molecule has 0 amide bonds. The number of aryl methyl sites for hydroxylation is 1. The molecule has 1 heterocycles. The minimum Gasteiger partial charge on any atom is -0.454 e. The molecule has 1 aliphatic carbocycles. The molecule has 1 saturated carbocycles. The number of carbonyl (C=O) groups excluding carboxylic acids is 1. The van der Waals surface area contributed by atoms with Crippen molar-refractivity contribution < 1.29 is 27.4 Å². The monoisotopic (exact) mass is 472 g/mol. The molecule has 0 bridgehead atoms. The first-order valence-corrected chi connectivity index (χ1v) is 11.0. The van der Waals surface area contributed by atoms with Gasteiger partial charge in [-0.15, -0.1) is 0 Å². The van der Waals surface area contributed by atoms with Gasteiger partial charge in [0.1, 0.15) is 5.78 Å². The molecule has 0 aromatic heterocycles. The second-order valence-electron chi connectivity index (χ2n) is 8.59. The number of halogens is 4. The largest absolute Gasteiger partial charge is 0.454 e.